The van der Waals surface area contributed by atoms with Crippen LogP contribution in [0.1, 0.15) is 11.3 Å². The van der Waals surface area contributed by atoms with Crippen LogP contribution in [-0.4, -0.2) is 12.3 Å². The number of alkyl halides is 1. The van der Waals surface area contributed by atoms with Crippen LogP contribution in [0, 0.1) is 0 Å². The minimum absolute atomic E-state index is 0.631. The zero-order valence-corrected chi connectivity index (χ0v) is 10.5. The monoisotopic (exact) mass is 281 g/mol. The van der Waals surface area contributed by atoms with E-state index in [-0.39, 0.29) is 0 Å². The molecule has 2 aromatic rings. The Morgan fingerprint density at radius 2 is 2.06 bits per heavy atom. The van der Waals surface area contributed by atoms with Crippen molar-refractivity contribution in [3.05, 3.63) is 41.7 Å². The van der Waals surface area contributed by atoms with Crippen molar-refractivity contribution in [2.45, 2.75) is 11.9 Å². The fourth-order valence-corrected chi connectivity index (χ4v) is 1.71. The highest BCUT2D eigenvalue weighted by molar-refractivity contribution is 9.08. The molecule has 0 spiro atoms. The minimum Gasteiger partial charge on any atom is -0.380 e. The van der Waals surface area contributed by atoms with Crippen LogP contribution in [0.4, 0.5) is 0 Å². The molecule has 0 N–H and O–H groups in total. The zero-order valence-electron chi connectivity index (χ0n) is 8.94. The number of methoxy groups -OCH3 is 1. The average molecular weight is 282 g/mol. The van der Waals surface area contributed by atoms with Crippen LogP contribution >= 0.6 is 15.9 Å². The first kappa shape index (κ1) is 11.4. The fourth-order valence-electron chi connectivity index (χ4n) is 1.45. The summed E-state index contributed by atoms with van der Waals surface area (Å²) in [7, 11) is 1.69. The van der Waals surface area contributed by atoms with Gasteiger partial charge in [-0.15, -0.1) is 0 Å². The van der Waals surface area contributed by atoms with Gasteiger partial charge in [0.2, 0.25) is 0 Å². The molecule has 1 aromatic heterocycles. The van der Waals surface area contributed by atoms with Crippen molar-refractivity contribution < 1.29 is 9.26 Å². The van der Waals surface area contributed by atoms with E-state index in [0.29, 0.717) is 11.9 Å². The smallest absolute Gasteiger partial charge is 0.147 e. The van der Waals surface area contributed by atoms with Crippen LogP contribution < -0.4 is 0 Å². The van der Waals surface area contributed by atoms with Crippen molar-refractivity contribution in [2.75, 3.05) is 7.11 Å². The van der Waals surface area contributed by atoms with E-state index in [0.717, 1.165) is 22.6 Å². The predicted molar refractivity (Wildman–Crippen MR) is 65.3 cm³/mol. The highest BCUT2D eigenvalue weighted by atomic mass is 79.9. The van der Waals surface area contributed by atoms with E-state index in [2.05, 4.69) is 21.1 Å². The molecule has 0 bridgehead atoms. The molecule has 2 rings (SSSR count). The summed E-state index contributed by atoms with van der Waals surface area (Å²) < 4.78 is 10.2. The topological polar surface area (TPSA) is 35.3 Å². The number of ether oxygens (including phenoxy) is 1. The molecule has 0 fully saturated rings. The molecule has 4 heteroatoms. The zero-order chi connectivity index (χ0) is 11.4. The van der Waals surface area contributed by atoms with E-state index < -0.39 is 0 Å². The summed E-state index contributed by atoms with van der Waals surface area (Å²) in [6.45, 7) is 0.631. The molecular weight excluding hydrogens is 270 g/mol. The van der Waals surface area contributed by atoms with E-state index in [1.807, 2.05) is 30.3 Å². The van der Waals surface area contributed by atoms with Gasteiger partial charge in [0, 0.05) is 18.7 Å². The summed E-state index contributed by atoms with van der Waals surface area (Å²) in [6.07, 6.45) is 0. The SMILES string of the molecule is COCc1ccc(-c2cc(CBr)on2)cc1. The molecular formula is C12H12BrNO2. The second-order valence-corrected chi connectivity index (χ2v) is 4.00. The van der Waals surface area contributed by atoms with E-state index in [1.165, 1.54) is 0 Å². The molecule has 84 valence electrons. The minimum atomic E-state index is 0.631. The normalized spacial score (nSPS) is 10.6. The van der Waals surface area contributed by atoms with Crippen molar-refractivity contribution >= 4 is 15.9 Å². The third kappa shape index (κ3) is 2.51. The highest BCUT2D eigenvalue weighted by Crippen LogP contribution is 2.20. The first-order valence-electron chi connectivity index (χ1n) is 4.93. The Morgan fingerprint density at radius 1 is 1.31 bits per heavy atom. The molecule has 0 amide bonds. The molecule has 0 atom stereocenters. The van der Waals surface area contributed by atoms with Gasteiger partial charge in [-0.1, -0.05) is 45.4 Å². The van der Waals surface area contributed by atoms with Crippen molar-refractivity contribution in [1.29, 1.82) is 0 Å². The maximum absolute atomic E-state index is 5.12. The quantitative estimate of drug-likeness (QED) is 0.806. The lowest BCUT2D eigenvalue weighted by molar-refractivity contribution is 0.185. The van der Waals surface area contributed by atoms with E-state index in [4.69, 9.17) is 9.26 Å². The van der Waals surface area contributed by atoms with Gasteiger partial charge in [0.1, 0.15) is 11.5 Å². The van der Waals surface area contributed by atoms with Crippen molar-refractivity contribution in [1.82, 2.24) is 5.16 Å². The standard InChI is InChI=1S/C12H12BrNO2/c1-15-8-9-2-4-10(5-3-9)12-6-11(7-13)16-14-12/h2-6H,7-8H2,1H3. The summed E-state index contributed by atoms with van der Waals surface area (Å²) in [5, 5.41) is 4.68. The third-order valence-electron chi connectivity index (χ3n) is 2.25. The Morgan fingerprint density at radius 3 is 2.62 bits per heavy atom. The van der Waals surface area contributed by atoms with Gasteiger partial charge in [-0.3, -0.25) is 0 Å². The summed E-state index contributed by atoms with van der Waals surface area (Å²) in [5.41, 5.74) is 3.06. The lowest BCUT2D eigenvalue weighted by Gasteiger charge is -2.00. The number of rotatable bonds is 4. The molecule has 0 aliphatic carbocycles. The van der Waals surface area contributed by atoms with Crippen LogP contribution in [0.15, 0.2) is 34.9 Å². The lowest BCUT2D eigenvalue weighted by atomic mass is 10.1. The van der Waals surface area contributed by atoms with Crippen molar-refractivity contribution in [3.63, 3.8) is 0 Å². The average Bonchev–Trinajstić information content (AvgIpc) is 2.79. The Balaban J connectivity index is 2.20. The summed E-state index contributed by atoms with van der Waals surface area (Å²) in [6, 6.07) is 10.0. The number of halogens is 1. The Kier molecular flexibility index (Phi) is 3.74. The number of hydrogen-bond acceptors (Lipinski definition) is 3. The third-order valence-corrected chi connectivity index (χ3v) is 2.80. The van der Waals surface area contributed by atoms with Gasteiger partial charge in [-0.05, 0) is 5.56 Å². The van der Waals surface area contributed by atoms with Crippen LogP contribution in [-0.2, 0) is 16.7 Å². The highest BCUT2D eigenvalue weighted by Gasteiger charge is 2.05. The van der Waals surface area contributed by atoms with Crippen LogP contribution in [0.25, 0.3) is 11.3 Å². The van der Waals surface area contributed by atoms with Gasteiger partial charge in [0.05, 0.1) is 11.9 Å². The molecule has 0 saturated heterocycles. The molecule has 0 unspecified atom stereocenters. The second kappa shape index (κ2) is 5.27. The maximum atomic E-state index is 5.12. The van der Waals surface area contributed by atoms with Gasteiger partial charge >= 0.3 is 0 Å². The van der Waals surface area contributed by atoms with E-state index in [1.54, 1.807) is 7.11 Å². The molecule has 16 heavy (non-hydrogen) atoms. The first-order chi connectivity index (χ1) is 7.83. The number of benzene rings is 1. The van der Waals surface area contributed by atoms with Crippen LogP contribution in [0.5, 0.6) is 0 Å². The first-order valence-corrected chi connectivity index (χ1v) is 6.05. The molecule has 0 aliphatic heterocycles. The molecule has 3 nitrogen and oxygen atoms in total. The maximum Gasteiger partial charge on any atom is 0.147 e. The molecule has 0 aliphatic rings. The number of aromatic nitrogens is 1. The van der Waals surface area contributed by atoms with Gasteiger partial charge in [-0.25, -0.2) is 0 Å². The second-order valence-electron chi connectivity index (χ2n) is 3.44. The Labute approximate surface area is 103 Å². The number of nitrogens with zero attached hydrogens (tertiary/aromatic N) is 1. The summed E-state index contributed by atoms with van der Waals surface area (Å²) in [4.78, 5) is 0. The lowest BCUT2D eigenvalue weighted by Crippen LogP contribution is -1.86. The van der Waals surface area contributed by atoms with Crippen molar-refractivity contribution in [3.8, 4) is 11.3 Å². The van der Waals surface area contributed by atoms with Gasteiger partial charge < -0.3 is 9.26 Å². The summed E-state index contributed by atoms with van der Waals surface area (Å²) in [5.74, 6) is 0.830. The van der Waals surface area contributed by atoms with E-state index >= 15 is 0 Å². The van der Waals surface area contributed by atoms with Crippen molar-refractivity contribution in [2.24, 2.45) is 0 Å². The molecule has 0 saturated carbocycles. The van der Waals surface area contributed by atoms with Gasteiger partial charge in [0.25, 0.3) is 0 Å². The molecule has 1 aromatic carbocycles. The van der Waals surface area contributed by atoms with Gasteiger partial charge in [0.15, 0.2) is 0 Å². The Bertz CT molecular complexity index is 450. The summed E-state index contributed by atoms with van der Waals surface area (Å²) >= 11 is 3.33. The largest absolute Gasteiger partial charge is 0.380 e. The predicted octanol–water partition coefficient (Wildman–Crippen LogP) is 3.38. The molecule has 1 heterocycles. The fraction of sp³-hybridized carbons (Fsp3) is 0.250. The number of hydrogen-bond donors (Lipinski definition) is 0. The molecule has 0 radical (unpaired) electrons. The Hall–Kier alpha value is -1.13. The van der Waals surface area contributed by atoms with Crippen LogP contribution in [0.3, 0.4) is 0 Å². The van der Waals surface area contributed by atoms with E-state index in [9.17, 15) is 0 Å². The van der Waals surface area contributed by atoms with Crippen LogP contribution in [0.2, 0.25) is 0 Å². The van der Waals surface area contributed by atoms with Gasteiger partial charge in [-0.2, -0.15) is 0 Å².